The van der Waals surface area contributed by atoms with E-state index in [9.17, 15) is 6.85 Å². The first kappa shape index (κ1) is 25.8. The fourth-order valence-corrected chi connectivity index (χ4v) is 9.86. The molecule has 1 aliphatic carbocycles. The Morgan fingerprint density at radius 1 is 0.439 bits per heavy atom. The Morgan fingerprint density at radius 2 is 1.05 bits per heavy atom. The van der Waals surface area contributed by atoms with Crippen molar-refractivity contribution in [3.05, 3.63) is 241 Å². The summed E-state index contributed by atoms with van der Waals surface area (Å²) in [7, 11) is 0. The number of fused-ring (bicyclic) bond motifs is 9. The molecular weight excluding hydrogens is 801 g/mol. The van der Waals surface area contributed by atoms with E-state index in [1.807, 2.05) is 97.1 Å². The number of hydrogen-bond acceptors (Lipinski definition) is 2. The highest BCUT2D eigenvalue weighted by molar-refractivity contribution is 6.13. The van der Waals surface area contributed by atoms with E-state index in [0.29, 0.717) is 11.4 Å². The standard InChI is InChI=1S/C63H44N2O/c1-63(2)55-27-9-6-22-54(55)60-56(63)28-15-31-59(60)64(45-36-32-41(33-37-45)44-18-12-19-47(40-44)65-57-29-10-7-20-50(57)51-21-8-11-30-58(51)65)46-38-34-43(35-39-46)49-24-14-26-53-52-25-13-23-48(61(52)66-62(49)53)42-16-4-3-5-17-42/h3-40H,1-2H3/i3D,4D,5D,13D,14D,16D,17D,23D,24D,25D,26D,34D,35D,38D,39D. The average Bonchev–Trinajstić information content (AvgIpc) is 4.13. The average molecular weight is 860 g/mol. The summed E-state index contributed by atoms with van der Waals surface area (Å²) in [6, 6.07) is 36.0. The third kappa shape index (κ3) is 5.83. The second-order valence-corrected chi connectivity index (χ2v) is 16.9. The number of benzene rings is 10. The van der Waals surface area contributed by atoms with E-state index >= 15 is 0 Å². The molecule has 3 heteroatoms. The van der Waals surface area contributed by atoms with Gasteiger partial charge < -0.3 is 13.9 Å². The molecule has 0 N–H and O–H groups in total. The maximum Gasteiger partial charge on any atom is 0.143 e. The molecule has 0 saturated carbocycles. The van der Waals surface area contributed by atoms with Crippen LogP contribution in [0.15, 0.2) is 235 Å². The molecule has 13 rings (SSSR count). The molecule has 0 saturated heterocycles. The first-order valence-corrected chi connectivity index (χ1v) is 21.6. The Balaban J connectivity index is 1.03. The highest BCUT2D eigenvalue weighted by atomic mass is 16.3. The van der Waals surface area contributed by atoms with Crippen LogP contribution >= 0.6 is 0 Å². The minimum atomic E-state index is -0.748. The van der Waals surface area contributed by atoms with Gasteiger partial charge in [0.1, 0.15) is 11.2 Å². The lowest BCUT2D eigenvalue weighted by molar-refractivity contribution is 0.660. The van der Waals surface area contributed by atoms with Gasteiger partial charge in [0.25, 0.3) is 0 Å². The van der Waals surface area contributed by atoms with E-state index in [4.69, 9.17) is 18.1 Å². The molecule has 2 aromatic heterocycles. The number of anilines is 3. The SMILES string of the molecule is [2H]c1c([2H])c([2H])c(-c2c([2H])c([2H])c([2H])c3c2oc2c(-c4c([2H])c([2H])c(N(c5ccc(-c6cccc(-n7c8ccccc8c8ccccc87)c6)cc5)c5cccc6c5-c5ccccc5C6(C)C)c([2H])c4[2H])c([2H])c([2H])c([2H])c23)c([2H])c1[2H]. The molecule has 1 aliphatic rings. The molecule has 0 atom stereocenters. The Morgan fingerprint density at radius 3 is 1.74 bits per heavy atom. The van der Waals surface area contributed by atoms with Crippen LogP contribution in [-0.4, -0.2) is 4.57 Å². The van der Waals surface area contributed by atoms with Gasteiger partial charge in [-0.15, -0.1) is 0 Å². The highest BCUT2D eigenvalue weighted by Crippen LogP contribution is 2.54. The topological polar surface area (TPSA) is 21.3 Å². The molecule has 3 nitrogen and oxygen atoms in total. The third-order valence-corrected chi connectivity index (χ3v) is 12.9. The summed E-state index contributed by atoms with van der Waals surface area (Å²) in [5.41, 5.74) is 6.26. The van der Waals surface area contributed by atoms with E-state index in [2.05, 4.69) is 60.9 Å². The number of aromatic nitrogens is 1. The second kappa shape index (κ2) is 14.8. The van der Waals surface area contributed by atoms with Gasteiger partial charge in [0.05, 0.1) is 37.3 Å². The van der Waals surface area contributed by atoms with Crippen molar-refractivity contribution in [1.82, 2.24) is 4.57 Å². The zero-order valence-corrected chi connectivity index (χ0v) is 35.6. The van der Waals surface area contributed by atoms with E-state index in [1.54, 1.807) is 4.90 Å². The van der Waals surface area contributed by atoms with E-state index < -0.39 is 129 Å². The predicted molar refractivity (Wildman–Crippen MR) is 277 cm³/mol. The molecular formula is C63H44N2O. The van der Waals surface area contributed by atoms with E-state index in [1.165, 1.54) is 0 Å². The monoisotopic (exact) mass is 859 g/mol. The molecule has 10 aromatic carbocycles. The van der Waals surface area contributed by atoms with Gasteiger partial charge in [0.15, 0.2) is 0 Å². The normalized spacial score (nSPS) is 16.0. The maximum absolute atomic E-state index is 10.00. The van der Waals surface area contributed by atoms with Gasteiger partial charge in [-0.05, 0) is 93.5 Å². The minimum Gasteiger partial charge on any atom is -0.455 e. The lowest BCUT2D eigenvalue weighted by Crippen LogP contribution is -2.16. The molecule has 0 radical (unpaired) electrons. The summed E-state index contributed by atoms with van der Waals surface area (Å²) >= 11 is 0. The number of rotatable bonds is 7. The largest absolute Gasteiger partial charge is 0.455 e. The van der Waals surface area contributed by atoms with Crippen molar-refractivity contribution in [1.29, 1.82) is 0 Å². The number of furan rings is 1. The maximum atomic E-state index is 10.00. The Labute approximate surface area is 405 Å². The lowest BCUT2D eigenvalue weighted by atomic mass is 9.82. The van der Waals surface area contributed by atoms with Crippen LogP contribution in [0.3, 0.4) is 0 Å². The lowest BCUT2D eigenvalue weighted by Gasteiger charge is -2.29. The predicted octanol–water partition coefficient (Wildman–Crippen LogP) is 17.5. The molecule has 312 valence electrons. The van der Waals surface area contributed by atoms with Crippen molar-refractivity contribution in [3.63, 3.8) is 0 Å². The van der Waals surface area contributed by atoms with Gasteiger partial charge in [-0.2, -0.15) is 0 Å². The van der Waals surface area contributed by atoms with Crippen molar-refractivity contribution in [3.8, 4) is 50.2 Å². The van der Waals surface area contributed by atoms with Crippen LogP contribution in [0.5, 0.6) is 0 Å². The van der Waals surface area contributed by atoms with Gasteiger partial charge in [-0.1, -0.05) is 189 Å². The summed E-state index contributed by atoms with van der Waals surface area (Å²) in [6.45, 7) is 4.26. The van der Waals surface area contributed by atoms with Crippen LogP contribution in [0, 0.1) is 0 Å². The number of nitrogens with zero attached hydrogens (tertiary/aromatic N) is 2. The summed E-state index contributed by atoms with van der Waals surface area (Å²) < 4.78 is 146. The summed E-state index contributed by atoms with van der Waals surface area (Å²) in [5, 5.41) is 1.60. The first-order valence-electron chi connectivity index (χ1n) is 29.1. The summed E-state index contributed by atoms with van der Waals surface area (Å²) in [5.74, 6) is 0. The first-order chi connectivity index (χ1) is 38.8. The van der Waals surface area contributed by atoms with Crippen LogP contribution in [0.25, 0.3) is 93.9 Å². The molecule has 0 amide bonds. The van der Waals surface area contributed by atoms with Crippen molar-refractivity contribution in [2.45, 2.75) is 19.3 Å². The van der Waals surface area contributed by atoms with Crippen molar-refractivity contribution in [2.24, 2.45) is 0 Å². The van der Waals surface area contributed by atoms with Crippen LogP contribution in [-0.2, 0) is 5.41 Å². The molecule has 66 heavy (non-hydrogen) atoms. The van der Waals surface area contributed by atoms with Crippen molar-refractivity contribution in [2.75, 3.05) is 4.90 Å². The van der Waals surface area contributed by atoms with Crippen molar-refractivity contribution < 1.29 is 25.0 Å². The van der Waals surface area contributed by atoms with Gasteiger partial charge in [-0.3, -0.25) is 0 Å². The zero-order valence-electron chi connectivity index (χ0n) is 50.6. The number of hydrogen-bond donors (Lipinski definition) is 0. The van der Waals surface area contributed by atoms with Gasteiger partial charge in [0, 0.05) is 60.7 Å². The Hall–Kier alpha value is -8.40. The molecule has 2 heterocycles. The van der Waals surface area contributed by atoms with E-state index in [-0.39, 0.29) is 16.5 Å². The zero-order chi connectivity index (χ0) is 57.0. The van der Waals surface area contributed by atoms with Crippen LogP contribution < -0.4 is 4.90 Å². The molecule has 0 aliphatic heterocycles. The Bertz CT molecular complexity index is 4640. The minimum absolute atomic E-state index is 0.143. The molecule has 0 unspecified atom stereocenters. The molecule has 0 bridgehead atoms. The van der Waals surface area contributed by atoms with Gasteiger partial charge in [-0.25, -0.2) is 0 Å². The van der Waals surface area contributed by atoms with Gasteiger partial charge >= 0.3 is 0 Å². The molecule has 0 spiro atoms. The quantitative estimate of drug-likeness (QED) is 0.159. The summed E-state index contributed by atoms with van der Waals surface area (Å²) in [4.78, 5) is 1.71. The fraction of sp³-hybridized carbons (Fsp3) is 0.0476. The van der Waals surface area contributed by atoms with Gasteiger partial charge in [0.2, 0.25) is 0 Å². The highest BCUT2D eigenvalue weighted by Gasteiger charge is 2.37. The smallest absolute Gasteiger partial charge is 0.143 e. The number of para-hydroxylation sites is 4. The second-order valence-electron chi connectivity index (χ2n) is 16.9. The van der Waals surface area contributed by atoms with Crippen LogP contribution in [0.2, 0.25) is 0 Å². The third-order valence-electron chi connectivity index (χ3n) is 12.9. The van der Waals surface area contributed by atoms with Crippen LogP contribution in [0.4, 0.5) is 17.1 Å². The Kier molecular flexibility index (Phi) is 5.80. The molecule has 0 fully saturated rings. The van der Waals surface area contributed by atoms with Crippen molar-refractivity contribution >= 4 is 60.8 Å². The summed E-state index contributed by atoms with van der Waals surface area (Å²) in [6.07, 6.45) is 0. The molecule has 12 aromatic rings. The fourth-order valence-electron chi connectivity index (χ4n) is 9.86. The van der Waals surface area contributed by atoms with Crippen LogP contribution in [0.1, 0.15) is 45.5 Å². The van der Waals surface area contributed by atoms with E-state index in [0.717, 1.165) is 60.9 Å².